The van der Waals surface area contributed by atoms with Gasteiger partial charge in [0.2, 0.25) is 5.91 Å². The molecule has 1 aromatic carbocycles. The van der Waals surface area contributed by atoms with E-state index in [9.17, 15) is 14.5 Å². The molecule has 0 spiro atoms. The molecule has 1 amide bonds. The minimum Gasteiger partial charge on any atom is -0.337 e. The number of carbonyl (C=O) groups excluding carboxylic acids is 1. The fourth-order valence-corrected chi connectivity index (χ4v) is 3.46. The van der Waals surface area contributed by atoms with Crippen molar-refractivity contribution in [2.75, 3.05) is 26.2 Å². The molecule has 8 heteroatoms. The van der Waals surface area contributed by atoms with E-state index in [-0.39, 0.29) is 17.3 Å². The molecule has 0 unspecified atom stereocenters. The van der Waals surface area contributed by atoms with E-state index in [0.717, 1.165) is 27.1 Å². The molecule has 0 bridgehead atoms. The lowest BCUT2D eigenvalue weighted by molar-refractivity contribution is -0.133. The average Bonchev–Trinajstić information content (AvgIpc) is 2.83. The van der Waals surface area contributed by atoms with Crippen LogP contribution < -0.4 is 4.87 Å². The van der Waals surface area contributed by atoms with Crippen LogP contribution in [0.15, 0.2) is 28.3 Å². The molecule has 2 aromatic rings. The van der Waals surface area contributed by atoms with Gasteiger partial charge >= 0.3 is 4.87 Å². The predicted octanol–water partition coefficient (Wildman–Crippen LogP) is 1.20. The number of amides is 1. The number of hydrogen-bond acceptors (Lipinski definition) is 5. The van der Waals surface area contributed by atoms with Crippen molar-refractivity contribution in [1.29, 1.82) is 0 Å². The van der Waals surface area contributed by atoms with Crippen molar-refractivity contribution >= 4 is 27.5 Å². The Hall–Kier alpha value is -2.22. The summed E-state index contributed by atoms with van der Waals surface area (Å²) in [6.45, 7) is 3.79. The van der Waals surface area contributed by atoms with E-state index in [1.807, 2.05) is 25.1 Å². The maximum absolute atomic E-state index is 12.4. The van der Waals surface area contributed by atoms with Gasteiger partial charge in [-0.05, 0) is 24.6 Å². The number of hydrogen-bond donors (Lipinski definition) is 0. The highest BCUT2D eigenvalue weighted by molar-refractivity contribution is 7.16. The van der Waals surface area contributed by atoms with Crippen LogP contribution in [-0.4, -0.2) is 46.6 Å². The Bertz CT molecular complexity index is 774. The molecule has 3 rings (SSSR count). The number of thiazole rings is 1. The van der Waals surface area contributed by atoms with E-state index in [1.54, 1.807) is 4.90 Å². The zero-order chi connectivity index (χ0) is 15.7. The monoisotopic (exact) mass is 320 g/mol. The van der Waals surface area contributed by atoms with Gasteiger partial charge in [-0.2, -0.15) is 0 Å². The van der Waals surface area contributed by atoms with Gasteiger partial charge in [-0.3, -0.25) is 19.2 Å². The van der Waals surface area contributed by atoms with Gasteiger partial charge in [0.15, 0.2) is 0 Å². The predicted molar refractivity (Wildman–Crippen MR) is 84.8 cm³/mol. The lowest BCUT2D eigenvalue weighted by Gasteiger charge is -2.31. The van der Waals surface area contributed by atoms with Crippen molar-refractivity contribution in [2.45, 2.75) is 13.5 Å². The van der Waals surface area contributed by atoms with Crippen molar-refractivity contribution in [2.24, 2.45) is 5.29 Å². The molecule has 7 nitrogen and oxygen atoms in total. The Kier molecular flexibility index (Phi) is 3.93. The van der Waals surface area contributed by atoms with Crippen LogP contribution in [0.3, 0.4) is 0 Å². The topological polar surface area (TPSA) is 75.0 Å². The summed E-state index contributed by atoms with van der Waals surface area (Å²) in [6, 6.07) is 5.79. The van der Waals surface area contributed by atoms with E-state index >= 15 is 0 Å². The van der Waals surface area contributed by atoms with Crippen molar-refractivity contribution < 1.29 is 4.79 Å². The first kappa shape index (κ1) is 14.7. The van der Waals surface area contributed by atoms with Gasteiger partial charge in [-0.15, -0.1) is 4.91 Å². The van der Waals surface area contributed by atoms with Gasteiger partial charge in [-0.25, -0.2) is 0 Å². The Labute approximate surface area is 130 Å². The molecule has 1 fully saturated rings. The van der Waals surface area contributed by atoms with Crippen LogP contribution in [0.5, 0.6) is 0 Å². The van der Waals surface area contributed by atoms with E-state index < -0.39 is 0 Å². The molecule has 1 saturated heterocycles. The third-order valence-electron chi connectivity index (χ3n) is 3.84. The molecule has 1 aromatic heterocycles. The number of aryl methyl sites for hydroxylation is 1. The Morgan fingerprint density at radius 3 is 2.68 bits per heavy atom. The highest BCUT2D eigenvalue weighted by Gasteiger charge is 2.22. The third kappa shape index (κ3) is 2.74. The summed E-state index contributed by atoms with van der Waals surface area (Å²) in [5.41, 5.74) is 1.86. The number of fused-ring (bicyclic) bond motifs is 1. The molecule has 2 heterocycles. The number of piperazine rings is 1. The number of aromatic nitrogens is 1. The van der Waals surface area contributed by atoms with Crippen LogP contribution >= 0.6 is 11.3 Å². The summed E-state index contributed by atoms with van der Waals surface area (Å²) in [5, 5.41) is 4.28. The Morgan fingerprint density at radius 2 is 2.00 bits per heavy atom. The second-order valence-electron chi connectivity index (χ2n) is 5.34. The normalized spacial score (nSPS) is 15.3. The molecule has 0 saturated carbocycles. The summed E-state index contributed by atoms with van der Waals surface area (Å²) in [4.78, 5) is 36.5. The molecular formula is C14H16N4O3S. The first-order valence-electron chi connectivity index (χ1n) is 7.04. The van der Waals surface area contributed by atoms with Crippen molar-refractivity contribution in [1.82, 2.24) is 14.5 Å². The largest absolute Gasteiger partial charge is 0.337 e. The summed E-state index contributed by atoms with van der Waals surface area (Å²) in [6.07, 6.45) is 0. The Morgan fingerprint density at radius 1 is 1.27 bits per heavy atom. The van der Waals surface area contributed by atoms with E-state index in [2.05, 4.69) is 5.29 Å². The second kappa shape index (κ2) is 5.88. The highest BCUT2D eigenvalue weighted by atomic mass is 32.1. The van der Waals surface area contributed by atoms with E-state index in [1.165, 1.54) is 9.58 Å². The molecule has 0 atom stereocenters. The minimum atomic E-state index is -0.123. The molecule has 1 aliphatic rings. The molecule has 22 heavy (non-hydrogen) atoms. The lowest BCUT2D eigenvalue weighted by Crippen LogP contribution is -2.48. The van der Waals surface area contributed by atoms with Crippen molar-refractivity contribution in [3.05, 3.63) is 38.3 Å². The molecule has 0 N–H and O–H groups in total. The molecule has 0 aliphatic carbocycles. The fraction of sp³-hybridized carbons (Fsp3) is 0.429. The third-order valence-corrected chi connectivity index (χ3v) is 4.80. The number of nitrogens with zero attached hydrogens (tertiary/aromatic N) is 4. The first-order valence-corrected chi connectivity index (χ1v) is 7.86. The minimum absolute atomic E-state index is 0.0385. The average molecular weight is 320 g/mol. The lowest BCUT2D eigenvalue weighted by atomic mass is 10.2. The number of nitroso groups, excluding NO2 is 1. The number of benzene rings is 1. The van der Waals surface area contributed by atoms with Crippen LogP contribution in [0.2, 0.25) is 0 Å². The molecule has 1 aliphatic heterocycles. The number of rotatable bonds is 3. The van der Waals surface area contributed by atoms with Gasteiger partial charge in [-0.1, -0.05) is 17.4 Å². The van der Waals surface area contributed by atoms with Gasteiger partial charge in [0.1, 0.15) is 6.54 Å². The quantitative estimate of drug-likeness (QED) is 0.796. The summed E-state index contributed by atoms with van der Waals surface area (Å²) in [7, 11) is 0. The van der Waals surface area contributed by atoms with Gasteiger partial charge in [0.25, 0.3) is 0 Å². The second-order valence-corrected chi connectivity index (χ2v) is 6.33. The molecular weight excluding hydrogens is 304 g/mol. The fourth-order valence-electron chi connectivity index (χ4n) is 2.58. The Balaban J connectivity index is 1.80. The van der Waals surface area contributed by atoms with Gasteiger partial charge in [0, 0.05) is 13.1 Å². The smallest absolute Gasteiger partial charge is 0.308 e. The van der Waals surface area contributed by atoms with E-state index in [0.29, 0.717) is 26.2 Å². The first-order chi connectivity index (χ1) is 10.6. The zero-order valence-electron chi connectivity index (χ0n) is 12.2. The van der Waals surface area contributed by atoms with Crippen LogP contribution in [0.1, 0.15) is 5.56 Å². The summed E-state index contributed by atoms with van der Waals surface area (Å²) >= 11 is 1.15. The van der Waals surface area contributed by atoms with Crippen LogP contribution in [0.4, 0.5) is 0 Å². The highest BCUT2D eigenvalue weighted by Crippen LogP contribution is 2.19. The van der Waals surface area contributed by atoms with Gasteiger partial charge < -0.3 is 4.90 Å². The SMILES string of the molecule is Cc1ccc2sc(=O)n(CC(=O)N3CCN(N=O)CC3)c2c1. The zero-order valence-corrected chi connectivity index (χ0v) is 13.0. The van der Waals surface area contributed by atoms with Crippen molar-refractivity contribution in [3.8, 4) is 0 Å². The van der Waals surface area contributed by atoms with Crippen LogP contribution in [-0.2, 0) is 11.3 Å². The summed E-state index contributed by atoms with van der Waals surface area (Å²) < 4.78 is 2.41. The maximum Gasteiger partial charge on any atom is 0.308 e. The maximum atomic E-state index is 12.4. The molecule has 116 valence electrons. The van der Waals surface area contributed by atoms with E-state index in [4.69, 9.17) is 0 Å². The van der Waals surface area contributed by atoms with Crippen molar-refractivity contribution in [3.63, 3.8) is 0 Å². The molecule has 0 radical (unpaired) electrons. The standard InChI is InChI=1S/C14H16N4O3S/c1-10-2-3-12-11(8-10)18(14(20)22-12)9-13(19)16-4-6-17(15-21)7-5-16/h2-3,8H,4-7,9H2,1H3. The number of carbonyl (C=O) groups is 1. The van der Waals surface area contributed by atoms with Gasteiger partial charge in [0.05, 0.1) is 28.6 Å². The van der Waals surface area contributed by atoms with Crippen LogP contribution in [0.25, 0.3) is 10.2 Å². The summed E-state index contributed by atoms with van der Waals surface area (Å²) in [5.74, 6) is -0.103. The van der Waals surface area contributed by atoms with Crippen LogP contribution in [0, 0.1) is 11.8 Å².